The van der Waals surface area contributed by atoms with Gasteiger partial charge in [-0.05, 0) is 20.3 Å². The number of aromatic nitrogens is 1. The largest absolute Gasteiger partial charge is 0.390 e. The molecule has 0 aromatic carbocycles. The monoisotopic (exact) mass is 345 g/mol. The van der Waals surface area contributed by atoms with E-state index in [0.717, 1.165) is 12.1 Å². The molecule has 2 aliphatic rings. The molecule has 0 radical (unpaired) electrons. The van der Waals surface area contributed by atoms with Gasteiger partial charge in [0.25, 0.3) is 6.17 Å². The van der Waals surface area contributed by atoms with Gasteiger partial charge < -0.3 is 9.57 Å². The quantitative estimate of drug-likeness (QED) is 0.506. The number of urea groups is 1. The summed E-state index contributed by atoms with van der Waals surface area (Å²) in [6.45, 7) is 5.81. The van der Waals surface area contributed by atoms with Crippen molar-refractivity contribution < 1.29 is 18.9 Å². The van der Waals surface area contributed by atoms with Crippen LogP contribution in [0.5, 0.6) is 0 Å². The molecule has 1 N–H and O–H groups in total. The molecular weight excluding hydrogens is 320 g/mol. The first-order valence-electron chi connectivity index (χ1n) is 8.64. The number of pyridine rings is 1. The Morgan fingerprint density at radius 3 is 2.80 bits per heavy atom. The Morgan fingerprint density at radius 1 is 1.40 bits per heavy atom. The van der Waals surface area contributed by atoms with Gasteiger partial charge >= 0.3 is 6.03 Å². The van der Waals surface area contributed by atoms with Crippen molar-refractivity contribution in [1.29, 1.82) is 0 Å². The molecule has 1 saturated heterocycles. The summed E-state index contributed by atoms with van der Waals surface area (Å²) in [5.41, 5.74) is 0.858. The van der Waals surface area contributed by atoms with Crippen molar-refractivity contribution in [2.45, 2.75) is 58.2 Å². The number of amides is 2. The van der Waals surface area contributed by atoms with Crippen molar-refractivity contribution in [1.82, 2.24) is 10.2 Å². The molecule has 1 aromatic rings. The molecule has 1 unspecified atom stereocenters. The maximum Gasteiger partial charge on any atom is 0.328 e. The van der Waals surface area contributed by atoms with E-state index < -0.39 is 0 Å². The second kappa shape index (κ2) is 7.65. The van der Waals surface area contributed by atoms with E-state index in [1.54, 1.807) is 11.1 Å². The maximum absolute atomic E-state index is 12.5. The van der Waals surface area contributed by atoms with Gasteiger partial charge in [-0.3, -0.25) is 10.2 Å². The Labute approximate surface area is 147 Å². The summed E-state index contributed by atoms with van der Waals surface area (Å²) in [6.07, 6.45) is 8.19. The predicted molar refractivity (Wildman–Crippen MR) is 92.4 cm³/mol. The normalized spacial score (nSPS) is 28.6. The Morgan fingerprint density at radius 2 is 2.16 bits per heavy atom. The molecule has 2 aliphatic heterocycles. The molecule has 3 heterocycles. The number of nitrogens with one attached hydrogen (secondary N) is 1. The lowest BCUT2D eigenvalue weighted by Gasteiger charge is -2.29. The first-order chi connectivity index (χ1) is 12.1. The number of nitrogens with zero attached hydrogens (tertiary/aromatic N) is 3. The topological polar surface area (TPSA) is 67.0 Å². The summed E-state index contributed by atoms with van der Waals surface area (Å²) in [6, 6.07) is 5.61. The smallest absolute Gasteiger partial charge is 0.328 e. The van der Waals surface area contributed by atoms with Crippen molar-refractivity contribution in [3.8, 4) is 0 Å². The van der Waals surface area contributed by atoms with Gasteiger partial charge in [0.15, 0.2) is 18.5 Å². The van der Waals surface area contributed by atoms with Crippen LogP contribution < -0.4 is 9.88 Å². The standard InChI is InChI=1S/C18H24N4O3/c1-4-14-15(25-20-13(2)3)12-17(24-14)22-11-8-16(19-18(22)23)21-9-6-5-7-10-21/h5-11,14-17H,4,12H2,1-3H3/p+1/t14-,15-,16?,17-/m1/s1. The third-order valence-corrected chi connectivity index (χ3v) is 4.26. The van der Waals surface area contributed by atoms with Crippen molar-refractivity contribution in [2.24, 2.45) is 5.16 Å². The summed E-state index contributed by atoms with van der Waals surface area (Å²) < 4.78 is 7.95. The summed E-state index contributed by atoms with van der Waals surface area (Å²) >= 11 is 0. The fraction of sp³-hybridized carbons (Fsp3) is 0.500. The van der Waals surface area contributed by atoms with Gasteiger partial charge in [0.05, 0.1) is 11.8 Å². The van der Waals surface area contributed by atoms with E-state index in [1.165, 1.54) is 0 Å². The Balaban J connectivity index is 1.68. The number of carbonyl (C=O) groups is 1. The van der Waals surface area contributed by atoms with Crippen LogP contribution in [0.2, 0.25) is 0 Å². The van der Waals surface area contributed by atoms with Crippen LogP contribution in [0.1, 0.15) is 39.8 Å². The molecule has 0 saturated carbocycles. The highest BCUT2D eigenvalue weighted by atomic mass is 16.7. The van der Waals surface area contributed by atoms with Gasteiger partial charge in [0, 0.05) is 30.8 Å². The number of carbonyl (C=O) groups excluding carboxylic acids is 1. The first-order valence-corrected chi connectivity index (χ1v) is 8.64. The fourth-order valence-electron chi connectivity index (χ4n) is 3.01. The predicted octanol–water partition coefficient (Wildman–Crippen LogP) is 2.32. The molecule has 4 atom stereocenters. The molecule has 0 aliphatic carbocycles. The van der Waals surface area contributed by atoms with Crippen molar-refractivity contribution >= 4 is 11.7 Å². The molecule has 1 aromatic heterocycles. The van der Waals surface area contributed by atoms with Crippen LogP contribution in [0.15, 0.2) is 48.0 Å². The van der Waals surface area contributed by atoms with Gasteiger partial charge in [-0.2, -0.15) is 4.57 Å². The average molecular weight is 345 g/mol. The maximum atomic E-state index is 12.5. The lowest BCUT2D eigenvalue weighted by atomic mass is 10.1. The van der Waals surface area contributed by atoms with E-state index in [1.807, 2.05) is 62.0 Å². The molecule has 134 valence electrons. The molecular formula is C18H25N4O3+. The summed E-state index contributed by atoms with van der Waals surface area (Å²) in [5, 5.41) is 7.02. The lowest BCUT2D eigenvalue weighted by Crippen LogP contribution is -2.55. The second-order valence-corrected chi connectivity index (χ2v) is 6.42. The lowest BCUT2D eigenvalue weighted by molar-refractivity contribution is -0.716. The number of ether oxygens (including phenoxy) is 1. The number of hydrogen-bond acceptors (Lipinski definition) is 4. The fourth-order valence-corrected chi connectivity index (χ4v) is 3.01. The van der Waals surface area contributed by atoms with Gasteiger partial charge in [0.1, 0.15) is 6.23 Å². The Bertz CT molecular complexity index is 658. The summed E-state index contributed by atoms with van der Waals surface area (Å²) in [4.78, 5) is 19.7. The summed E-state index contributed by atoms with van der Waals surface area (Å²) in [7, 11) is 0. The van der Waals surface area contributed by atoms with Crippen LogP contribution in [0.25, 0.3) is 0 Å². The van der Waals surface area contributed by atoms with Gasteiger partial charge in [-0.1, -0.05) is 18.1 Å². The van der Waals surface area contributed by atoms with Crippen LogP contribution in [0.3, 0.4) is 0 Å². The van der Waals surface area contributed by atoms with Crippen LogP contribution in [0.4, 0.5) is 4.79 Å². The van der Waals surface area contributed by atoms with E-state index in [0.29, 0.717) is 6.42 Å². The van der Waals surface area contributed by atoms with E-state index >= 15 is 0 Å². The minimum atomic E-state index is -0.347. The minimum Gasteiger partial charge on any atom is -0.390 e. The van der Waals surface area contributed by atoms with Crippen LogP contribution in [0, 0.1) is 0 Å². The zero-order valence-corrected chi connectivity index (χ0v) is 14.8. The molecule has 0 spiro atoms. The average Bonchev–Trinajstić information content (AvgIpc) is 3.03. The van der Waals surface area contributed by atoms with E-state index in [-0.39, 0.29) is 30.6 Å². The highest BCUT2D eigenvalue weighted by molar-refractivity contribution is 5.78. The number of rotatable bonds is 5. The van der Waals surface area contributed by atoms with E-state index in [4.69, 9.17) is 9.57 Å². The zero-order chi connectivity index (χ0) is 17.8. The zero-order valence-electron chi connectivity index (χ0n) is 14.8. The van der Waals surface area contributed by atoms with Gasteiger partial charge in [-0.25, -0.2) is 4.79 Å². The van der Waals surface area contributed by atoms with Crippen LogP contribution >= 0.6 is 0 Å². The Kier molecular flexibility index (Phi) is 5.33. The molecule has 3 rings (SSSR count). The SMILES string of the molecule is CC[C@H]1O[C@@H](N2C=CC([n+]3ccccc3)NC2=O)C[C@H]1ON=C(C)C. The van der Waals surface area contributed by atoms with Crippen molar-refractivity contribution in [3.05, 3.63) is 42.9 Å². The molecule has 7 heteroatoms. The van der Waals surface area contributed by atoms with Gasteiger partial charge in [-0.15, -0.1) is 0 Å². The highest BCUT2D eigenvalue weighted by Gasteiger charge is 2.42. The molecule has 2 amide bonds. The van der Waals surface area contributed by atoms with E-state index in [9.17, 15) is 4.79 Å². The second-order valence-electron chi connectivity index (χ2n) is 6.42. The van der Waals surface area contributed by atoms with Crippen LogP contribution in [-0.2, 0) is 9.57 Å². The minimum absolute atomic E-state index is 0.0736. The molecule has 25 heavy (non-hydrogen) atoms. The summed E-state index contributed by atoms with van der Waals surface area (Å²) in [5.74, 6) is 0. The number of oxime groups is 1. The first kappa shape index (κ1) is 17.4. The van der Waals surface area contributed by atoms with Crippen molar-refractivity contribution in [2.75, 3.05) is 0 Å². The third kappa shape index (κ3) is 3.99. The highest BCUT2D eigenvalue weighted by Crippen LogP contribution is 2.29. The van der Waals surface area contributed by atoms with Crippen LogP contribution in [-0.4, -0.2) is 35.1 Å². The number of hydrogen-bond donors (Lipinski definition) is 1. The third-order valence-electron chi connectivity index (χ3n) is 4.26. The van der Waals surface area contributed by atoms with Crippen molar-refractivity contribution in [3.63, 3.8) is 0 Å². The Hall–Kier alpha value is -2.41. The molecule has 7 nitrogen and oxygen atoms in total. The van der Waals surface area contributed by atoms with Gasteiger partial charge in [0.2, 0.25) is 0 Å². The van der Waals surface area contributed by atoms with E-state index in [2.05, 4.69) is 10.5 Å². The molecule has 1 fully saturated rings. The molecule has 0 bridgehead atoms.